The summed E-state index contributed by atoms with van der Waals surface area (Å²) in [5, 5.41) is 9.16. The van der Waals surface area contributed by atoms with Gasteiger partial charge in [-0.05, 0) is 23.8 Å². The molecule has 0 saturated carbocycles. The van der Waals surface area contributed by atoms with Crippen molar-refractivity contribution in [3.05, 3.63) is 52.7 Å². The van der Waals surface area contributed by atoms with Gasteiger partial charge in [-0.3, -0.25) is 14.1 Å². The molecule has 0 radical (unpaired) electrons. The summed E-state index contributed by atoms with van der Waals surface area (Å²) in [6.07, 6.45) is -1.51. The molecule has 3 rings (SSSR count). The third-order valence-electron chi connectivity index (χ3n) is 3.74. The number of benzene rings is 1. The van der Waals surface area contributed by atoms with E-state index in [1.807, 2.05) is 6.07 Å². The third-order valence-corrected chi connectivity index (χ3v) is 3.74. The van der Waals surface area contributed by atoms with Crippen molar-refractivity contribution in [3.63, 3.8) is 0 Å². The van der Waals surface area contributed by atoms with Crippen LogP contribution in [0.15, 0.2) is 41.5 Å². The van der Waals surface area contributed by atoms with Crippen LogP contribution in [-0.4, -0.2) is 20.3 Å². The molecular weight excluding hydrogens is 321 g/mol. The van der Waals surface area contributed by atoms with Crippen LogP contribution in [-0.2, 0) is 13.6 Å². The molecule has 24 heavy (non-hydrogen) atoms. The molecule has 0 aliphatic heterocycles. The largest absolute Gasteiger partial charge is 0.406 e. The second-order valence-corrected chi connectivity index (χ2v) is 5.28. The Morgan fingerprint density at radius 2 is 2.00 bits per heavy atom. The lowest BCUT2D eigenvalue weighted by Gasteiger charge is -2.08. The summed E-state index contributed by atoms with van der Waals surface area (Å²) in [6.45, 7) is -1.35. The van der Waals surface area contributed by atoms with Crippen molar-refractivity contribution >= 4 is 11.0 Å². The third kappa shape index (κ3) is 2.65. The highest BCUT2D eigenvalue weighted by Crippen LogP contribution is 2.27. The second kappa shape index (κ2) is 5.53. The predicted molar refractivity (Wildman–Crippen MR) is 81.2 cm³/mol. The number of imidazole rings is 1. The number of nitrogens with zero attached hydrogens (tertiary/aromatic N) is 4. The summed E-state index contributed by atoms with van der Waals surface area (Å²) in [7, 11) is 1.41. The Bertz CT molecular complexity index is 1020. The van der Waals surface area contributed by atoms with Crippen LogP contribution < -0.4 is 5.69 Å². The maximum atomic E-state index is 12.7. The Morgan fingerprint density at radius 1 is 1.25 bits per heavy atom. The summed E-state index contributed by atoms with van der Waals surface area (Å²) in [5.74, 6) is 0. The molecule has 0 fully saturated rings. The zero-order valence-electron chi connectivity index (χ0n) is 12.5. The van der Waals surface area contributed by atoms with E-state index >= 15 is 0 Å². The van der Waals surface area contributed by atoms with Crippen LogP contribution in [0, 0.1) is 11.3 Å². The van der Waals surface area contributed by atoms with Gasteiger partial charge in [0.25, 0.3) is 0 Å². The van der Waals surface area contributed by atoms with E-state index in [4.69, 9.17) is 5.26 Å². The molecule has 8 heteroatoms. The number of rotatable bonds is 2. The van der Waals surface area contributed by atoms with E-state index in [1.54, 1.807) is 18.2 Å². The number of nitriles is 1. The van der Waals surface area contributed by atoms with Gasteiger partial charge in [-0.15, -0.1) is 0 Å². The second-order valence-electron chi connectivity index (χ2n) is 5.28. The van der Waals surface area contributed by atoms with Gasteiger partial charge in [0.2, 0.25) is 0 Å². The molecular formula is C16H11F3N4O. The molecule has 2 heterocycles. The summed E-state index contributed by atoms with van der Waals surface area (Å²) >= 11 is 0. The number of hydrogen-bond acceptors (Lipinski definition) is 3. The van der Waals surface area contributed by atoms with Crippen molar-refractivity contribution in [2.24, 2.45) is 7.05 Å². The monoisotopic (exact) mass is 332 g/mol. The smallest absolute Gasteiger partial charge is 0.295 e. The zero-order valence-corrected chi connectivity index (χ0v) is 12.5. The molecule has 3 aromatic rings. The molecule has 0 atom stereocenters. The van der Waals surface area contributed by atoms with Gasteiger partial charge >= 0.3 is 11.9 Å². The van der Waals surface area contributed by atoms with E-state index < -0.39 is 18.4 Å². The molecule has 0 N–H and O–H groups in total. The minimum Gasteiger partial charge on any atom is -0.295 e. The van der Waals surface area contributed by atoms with Gasteiger partial charge in [-0.25, -0.2) is 4.79 Å². The number of pyridine rings is 1. The molecule has 0 bridgehead atoms. The molecule has 0 unspecified atom stereocenters. The molecule has 0 aliphatic carbocycles. The Hall–Kier alpha value is -3.08. The summed E-state index contributed by atoms with van der Waals surface area (Å²) in [6, 6.07) is 8.20. The van der Waals surface area contributed by atoms with Crippen molar-refractivity contribution in [1.82, 2.24) is 14.1 Å². The van der Waals surface area contributed by atoms with Gasteiger partial charge in [-0.1, -0.05) is 6.07 Å². The highest BCUT2D eigenvalue weighted by molar-refractivity contribution is 5.84. The van der Waals surface area contributed by atoms with Crippen molar-refractivity contribution < 1.29 is 13.2 Å². The average Bonchev–Trinajstić information content (AvgIpc) is 2.78. The first kappa shape index (κ1) is 15.8. The molecule has 0 amide bonds. The molecule has 0 aliphatic rings. The SMILES string of the molecule is Cn1c(=O)n(CC(F)(F)F)c2ccc(-c3cnccc3C#N)cc21. The summed E-state index contributed by atoms with van der Waals surface area (Å²) in [5.41, 5.74) is 1.35. The van der Waals surface area contributed by atoms with Gasteiger partial charge in [-0.2, -0.15) is 18.4 Å². The van der Waals surface area contributed by atoms with Crippen molar-refractivity contribution in [2.45, 2.75) is 12.7 Å². The summed E-state index contributed by atoms with van der Waals surface area (Å²) < 4.78 is 39.9. The fourth-order valence-electron chi connectivity index (χ4n) is 2.63. The Morgan fingerprint density at radius 3 is 2.67 bits per heavy atom. The first-order chi connectivity index (χ1) is 11.3. The molecule has 122 valence electrons. The van der Waals surface area contributed by atoms with Crippen molar-refractivity contribution in [1.29, 1.82) is 5.26 Å². The molecule has 1 aromatic carbocycles. The van der Waals surface area contributed by atoms with Gasteiger partial charge in [0.1, 0.15) is 6.54 Å². The predicted octanol–water partition coefficient (Wildman–Crippen LogP) is 2.84. The van der Waals surface area contributed by atoms with Crippen LogP contribution in [0.4, 0.5) is 13.2 Å². The standard InChI is InChI=1S/C16H11F3N4O/c1-22-14-6-10(12-8-21-5-4-11(12)7-20)2-3-13(14)23(15(22)24)9-16(17,18)19/h2-6,8H,9H2,1H3. The van der Waals surface area contributed by atoms with E-state index in [0.29, 0.717) is 26.8 Å². The van der Waals surface area contributed by atoms with Crippen LogP contribution in [0.1, 0.15) is 5.56 Å². The Kier molecular flexibility index (Phi) is 3.64. The van der Waals surface area contributed by atoms with Gasteiger partial charge in [0.05, 0.1) is 22.7 Å². The molecule has 0 spiro atoms. The quantitative estimate of drug-likeness (QED) is 0.725. The topological polar surface area (TPSA) is 63.6 Å². The maximum absolute atomic E-state index is 12.7. The first-order valence-electron chi connectivity index (χ1n) is 6.92. The van der Waals surface area contributed by atoms with Crippen LogP contribution >= 0.6 is 0 Å². The maximum Gasteiger partial charge on any atom is 0.406 e. The van der Waals surface area contributed by atoms with Crippen LogP contribution in [0.2, 0.25) is 0 Å². The summed E-state index contributed by atoms with van der Waals surface area (Å²) in [4.78, 5) is 16.1. The number of aromatic nitrogens is 3. The van der Waals surface area contributed by atoms with Gasteiger partial charge in [0.15, 0.2) is 0 Å². The number of halogens is 3. The highest BCUT2D eigenvalue weighted by Gasteiger charge is 2.30. The number of aryl methyl sites for hydroxylation is 1. The molecule has 5 nitrogen and oxygen atoms in total. The Balaban J connectivity index is 2.22. The molecule has 0 saturated heterocycles. The van der Waals surface area contributed by atoms with Crippen LogP contribution in [0.25, 0.3) is 22.2 Å². The Labute approximate surface area is 134 Å². The minimum absolute atomic E-state index is 0.186. The van der Waals surface area contributed by atoms with E-state index in [2.05, 4.69) is 4.98 Å². The van der Waals surface area contributed by atoms with E-state index in [0.717, 1.165) is 4.57 Å². The fraction of sp³-hybridized carbons (Fsp3) is 0.188. The zero-order chi connectivity index (χ0) is 17.5. The van der Waals surface area contributed by atoms with Crippen molar-refractivity contribution in [3.8, 4) is 17.2 Å². The fourth-order valence-corrected chi connectivity index (χ4v) is 2.63. The van der Waals surface area contributed by atoms with E-state index in [-0.39, 0.29) is 5.52 Å². The number of alkyl halides is 3. The van der Waals surface area contributed by atoms with E-state index in [9.17, 15) is 18.0 Å². The lowest BCUT2D eigenvalue weighted by molar-refractivity contribution is -0.140. The van der Waals surface area contributed by atoms with Crippen molar-refractivity contribution in [2.75, 3.05) is 0 Å². The van der Waals surface area contributed by atoms with E-state index in [1.165, 1.54) is 25.5 Å². The first-order valence-corrected chi connectivity index (χ1v) is 6.92. The average molecular weight is 332 g/mol. The lowest BCUT2D eigenvalue weighted by Crippen LogP contribution is -2.28. The van der Waals surface area contributed by atoms with Gasteiger partial charge in [0, 0.05) is 25.0 Å². The number of fused-ring (bicyclic) bond motifs is 1. The van der Waals surface area contributed by atoms with Crippen LogP contribution in [0.5, 0.6) is 0 Å². The lowest BCUT2D eigenvalue weighted by atomic mass is 10.0. The number of hydrogen-bond donors (Lipinski definition) is 0. The normalized spacial score (nSPS) is 11.6. The molecule has 2 aromatic heterocycles. The van der Waals surface area contributed by atoms with Gasteiger partial charge < -0.3 is 0 Å². The highest BCUT2D eigenvalue weighted by atomic mass is 19.4. The minimum atomic E-state index is -4.49. The van der Waals surface area contributed by atoms with Crippen LogP contribution in [0.3, 0.4) is 0 Å².